The van der Waals surface area contributed by atoms with Gasteiger partial charge in [0.25, 0.3) is 0 Å². The molecule has 0 aliphatic carbocycles. The molecule has 0 bridgehead atoms. The molecule has 3 N–H and O–H groups in total. The van der Waals surface area contributed by atoms with E-state index in [0.29, 0.717) is 15.7 Å². The number of benzene rings is 1. The fourth-order valence-electron chi connectivity index (χ4n) is 1.59. The minimum absolute atomic E-state index is 0.195. The highest BCUT2D eigenvalue weighted by atomic mass is 32.2. The molecule has 0 saturated heterocycles. The third-order valence-electron chi connectivity index (χ3n) is 2.42. The summed E-state index contributed by atoms with van der Waals surface area (Å²) in [6.45, 7) is 3.77. The van der Waals surface area contributed by atoms with Crippen molar-refractivity contribution in [1.29, 1.82) is 0 Å². The lowest BCUT2D eigenvalue weighted by atomic mass is 10.2. The minimum atomic E-state index is -0.983. The van der Waals surface area contributed by atoms with Crippen molar-refractivity contribution in [3.05, 3.63) is 41.2 Å². The lowest BCUT2D eigenvalue weighted by molar-refractivity contribution is 0.0696. The number of carbonyl (C=O) groups is 1. The molecule has 0 aliphatic rings. The lowest BCUT2D eigenvalue weighted by Crippen LogP contribution is -1.99. The molecule has 2 aromatic rings. The lowest BCUT2D eigenvalue weighted by Gasteiger charge is -2.06. The molecule has 1 aromatic carbocycles. The van der Waals surface area contributed by atoms with Crippen molar-refractivity contribution >= 4 is 23.4 Å². The standard InChI is InChI=1S/C13H13N3O2S/c1-7-5-8(2)16-13(15-7)19-11-6-9(12(17)18)3-4-10(11)14/h3-6H,14H2,1-2H3,(H,17,18). The topological polar surface area (TPSA) is 89.1 Å². The number of nitrogens with two attached hydrogens (primary N) is 1. The zero-order valence-corrected chi connectivity index (χ0v) is 11.4. The van der Waals surface area contributed by atoms with Gasteiger partial charge in [0.15, 0.2) is 5.16 Å². The second-order valence-electron chi connectivity index (χ2n) is 4.09. The SMILES string of the molecule is Cc1cc(C)nc(Sc2cc(C(=O)O)ccc2N)n1. The predicted octanol–water partition coefficient (Wildman–Crippen LogP) is 2.53. The molecule has 5 nitrogen and oxygen atoms in total. The first-order chi connectivity index (χ1) is 8.95. The van der Waals surface area contributed by atoms with Crippen LogP contribution < -0.4 is 5.73 Å². The van der Waals surface area contributed by atoms with E-state index in [1.54, 1.807) is 6.07 Å². The van der Waals surface area contributed by atoms with Crippen molar-refractivity contribution in [2.75, 3.05) is 5.73 Å². The van der Waals surface area contributed by atoms with Crippen LogP contribution in [0.4, 0.5) is 5.69 Å². The molecule has 0 fully saturated rings. The first-order valence-electron chi connectivity index (χ1n) is 5.58. The fourth-order valence-corrected chi connectivity index (χ4v) is 2.54. The number of nitrogen functional groups attached to an aromatic ring is 1. The van der Waals surface area contributed by atoms with Gasteiger partial charge in [-0.25, -0.2) is 14.8 Å². The number of anilines is 1. The summed E-state index contributed by atoms with van der Waals surface area (Å²) in [4.78, 5) is 20.2. The summed E-state index contributed by atoms with van der Waals surface area (Å²) < 4.78 is 0. The molecule has 98 valence electrons. The smallest absolute Gasteiger partial charge is 0.335 e. The van der Waals surface area contributed by atoms with Crippen molar-refractivity contribution in [2.45, 2.75) is 23.9 Å². The highest BCUT2D eigenvalue weighted by molar-refractivity contribution is 7.99. The third-order valence-corrected chi connectivity index (χ3v) is 3.36. The Morgan fingerprint density at radius 3 is 2.42 bits per heavy atom. The Bertz CT molecular complexity index is 624. The first kappa shape index (κ1) is 13.4. The number of rotatable bonds is 3. The van der Waals surface area contributed by atoms with E-state index < -0.39 is 5.97 Å². The van der Waals surface area contributed by atoms with Gasteiger partial charge in [-0.1, -0.05) is 0 Å². The molecule has 0 amide bonds. The summed E-state index contributed by atoms with van der Waals surface area (Å²) in [5.41, 5.74) is 8.28. The molecular formula is C13H13N3O2S. The van der Waals surface area contributed by atoms with Crippen LogP contribution in [0.25, 0.3) is 0 Å². The molecular weight excluding hydrogens is 262 g/mol. The van der Waals surface area contributed by atoms with E-state index in [9.17, 15) is 4.79 Å². The highest BCUT2D eigenvalue weighted by Gasteiger charge is 2.10. The average molecular weight is 275 g/mol. The van der Waals surface area contributed by atoms with Crippen LogP contribution in [0.1, 0.15) is 21.7 Å². The van der Waals surface area contributed by atoms with Gasteiger partial charge in [-0.15, -0.1) is 0 Å². The van der Waals surface area contributed by atoms with Crippen LogP contribution in [0, 0.1) is 13.8 Å². The van der Waals surface area contributed by atoms with Gasteiger partial charge in [0, 0.05) is 22.0 Å². The van der Waals surface area contributed by atoms with Crippen LogP contribution >= 0.6 is 11.8 Å². The zero-order valence-electron chi connectivity index (χ0n) is 10.5. The second-order valence-corrected chi connectivity index (χ2v) is 5.10. The number of nitrogens with zero attached hydrogens (tertiary/aromatic N) is 2. The maximum atomic E-state index is 10.9. The van der Waals surface area contributed by atoms with Gasteiger partial charge in [0.05, 0.1) is 5.56 Å². The Hall–Kier alpha value is -2.08. The van der Waals surface area contributed by atoms with Crippen molar-refractivity contribution in [3.63, 3.8) is 0 Å². The van der Waals surface area contributed by atoms with E-state index in [2.05, 4.69) is 9.97 Å². The van der Waals surface area contributed by atoms with Crippen molar-refractivity contribution in [3.8, 4) is 0 Å². The quantitative estimate of drug-likeness (QED) is 0.661. The Kier molecular flexibility index (Phi) is 3.71. The van der Waals surface area contributed by atoms with Crippen LogP contribution in [0.15, 0.2) is 34.3 Å². The predicted molar refractivity (Wildman–Crippen MR) is 73.4 cm³/mol. The van der Waals surface area contributed by atoms with Crippen molar-refractivity contribution in [2.24, 2.45) is 0 Å². The van der Waals surface area contributed by atoms with Gasteiger partial charge in [-0.2, -0.15) is 0 Å². The maximum Gasteiger partial charge on any atom is 0.335 e. The van der Waals surface area contributed by atoms with Crippen molar-refractivity contribution in [1.82, 2.24) is 9.97 Å². The molecule has 1 aromatic heterocycles. The summed E-state index contributed by atoms with van der Waals surface area (Å²) in [6.07, 6.45) is 0. The minimum Gasteiger partial charge on any atom is -0.478 e. The maximum absolute atomic E-state index is 10.9. The van der Waals surface area contributed by atoms with E-state index in [-0.39, 0.29) is 5.56 Å². The van der Waals surface area contributed by atoms with E-state index >= 15 is 0 Å². The molecule has 0 saturated carbocycles. The van der Waals surface area contributed by atoms with E-state index in [1.165, 1.54) is 23.9 Å². The molecule has 2 rings (SSSR count). The molecule has 0 atom stereocenters. The summed E-state index contributed by atoms with van der Waals surface area (Å²) in [6, 6.07) is 6.46. The molecule has 19 heavy (non-hydrogen) atoms. The van der Waals surface area contributed by atoms with Gasteiger partial charge >= 0.3 is 5.97 Å². The average Bonchev–Trinajstić information content (AvgIpc) is 2.30. The number of carboxylic acids is 1. The molecule has 0 radical (unpaired) electrons. The van der Waals surface area contributed by atoms with Crippen LogP contribution in [0.5, 0.6) is 0 Å². The largest absolute Gasteiger partial charge is 0.478 e. The zero-order chi connectivity index (χ0) is 14.0. The van der Waals surface area contributed by atoms with Crippen LogP contribution in [0.2, 0.25) is 0 Å². The molecule has 0 aliphatic heterocycles. The Morgan fingerprint density at radius 1 is 1.21 bits per heavy atom. The second kappa shape index (κ2) is 5.27. The van der Waals surface area contributed by atoms with Crippen molar-refractivity contribution < 1.29 is 9.90 Å². The number of hydrogen-bond donors (Lipinski definition) is 2. The summed E-state index contributed by atoms with van der Waals surface area (Å²) >= 11 is 1.26. The third kappa shape index (κ3) is 3.23. The molecule has 0 spiro atoms. The monoisotopic (exact) mass is 275 g/mol. The van der Waals surface area contributed by atoms with Gasteiger partial charge < -0.3 is 10.8 Å². The summed E-state index contributed by atoms with van der Waals surface area (Å²) in [5.74, 6) is -0.983. The van der Waals surface area contributed by atoms with Gasteiger partial charge in [0.2, 0.25) is 0 Å². The van der Waals surface area contributed by atoms with E-state index in [1.807, 2.05) is 19.9 Å². The van der Waals surface area contributed by atoms with E-state index in [4.69, 9.17) is 10.8 Å². The van der Waals surface area contributed by atoms with Crippen LogP contribution in [-0.2, 0) is 0 Å². The van der Waals surface area contributed by atoms with Gasteiger partial charge in [0.1, 0.15) is 0 Å². The number of aromatic carboxylic acids is 1. The fraction of sp³-hybridized carbons (Fsp3) is 0.154. The number of hydrogen-bond acceptors (Lipinski definition) is 5. The number of aryl methyl sites for hydroxylation is 2. The Labute approximate surface area is 114 Å². The molecule has 0 unspecified atom stereocenters. The normalized spacial score (nSPS) is 10.4. The van der Waals surface area contributed by atoms with Crippen LogP contribution in [0.3, 0.4) is 0 Å². The number of carboxylic acid groups (broad SMARTS) is 1. The van der Waals surface area contributed by atoms with Crippen LogP contribution in [-0.4, -0.2) is 21.0 Å². The van der Waals surface area contributed by atoms with Gasteiger partial charge in [-0.05, 0) is 49.9 Å². The molecule has 6 heteroatoms. The molecule has 1 heterocycles. The van der Waals surface area contributed by atoms with Gasteiger partial charge in [-0.3, -0.25) is 0 Å². The summed E-state index contributed by atoms with van der Waals surface area (Å²) in [5, 5.41) is 9.53. The first-order valence-corrected chi connectivity index (χ1v) is 6.40. The highest BCUT2D eigenvalue weighted by Crippen LogP contribution is 2.30. The Balaban J connectivity index is 2.37. The number of aromatic nitrogens is 2. The van der Waals surface area contributed by atoms with E-state index in [0.717, 1.165) is 11.4 Å². The summed E-state index contributed by atoms with van der Waals surface area (Å²) in [7, 11) is 0. The Morgan fingerprint density at radius 2 is 1.84 bits per heavy atom.